The number of benzene rings is 2. The van der Waals surface area contributed by atoms with Crippen LogP contribution in [0.15, 0.2) is 42.5 Å². The molecule has 2 unspecified atom stereocenters. The van der Waals surface area contributed by atoms with E-state index < -0.39 is 17.9 Å². The van der Waals surface area contributed by atoms with Crippen LogP contribution in [0, 0.1) is 5.82 Å². The second-order valence-corrected chi connectivity index (χ2v) is 6.44. The fourth-order valence-electron chi connectivity index (χ4n) is 3.06. The molecule has 1 aliphatic heterocycles. The number of carbonyl (C=O) groups excluding carboxylic acids is 2. The number of nitrogens with zero attached hydrogens (tertiary/aromatic N) is 1. The standard InChI is InChI=1S/C19H17ClFNO3/c1-11-10-13-6-3-4-9-16(13)22(11)18(23)12(2)25-19(24)17-14(20)7-5-8-15(17)21/h3-9,11-12H,10H2,1-2H3. The van der Waals surface area contributed by atoms with Crippen LogP contribution in [-0.4, -0.2) is 24.0 Å². The molecule has 2 atom stereocenters. The van der Waals surface area contributed by atoms with Crippen LogP contribution in [0.25, 0.3) is 0 Å². The quantitative estimate of drug-likeness (QED) is 0.776. The van der Waals surface area contributed by atoms with E-state index in [0.29, 0.717) is 0 Å². The molecule has 130 valence electrons. The molecule has 3 rings (SSSR count). The largest absolute Gasteiger partial charge is 0.449 e. The Kier molecular flexibility index (Phi) is 4.77. The summed E-state index contributed by atoms with van der Waals surface area (Å²) in [6, 6.07) is 11.5. The molecule has 1 aliphatic rings. The number of esters is 1. The van der Waals surface area contributed by atoms with Crippen molar-refractivity contribution in [3.63, 3.8) is 0 Å². The molecule has 0 fully saturated rings. The van der Waals surface area contributed by atoms with E-state index in [9.17, 15) is 14.0 Å². The van der Waals surface area contributed by atoms with Gasteiger partial charge < -0.3 is 9.64 Å². The van der Waals surface area contributed by atoms with E-state index in [1.807, 2.05) is 31.2 Å². The van der Waals surface area contributed by atoms with E-state index in [4.69, 9.17) is 16.3 Å². The van der Waals surface area contributed by atoms with Crippen LogP contribution in [0.5, 0.6) is 0 Å². The third kappa shape index (κ3) is 3.24. The van der Waals surface area contributed by atoms with Gasteiger partial charge in [0.25, 0.3) is 5.91 Å². The molecule has 1 heterocycles. The Morgan fingerprint density at radius 1 is 1.24 bits per heavy atom. The number of anilines is 1. The number of fused-ring (bicyclic) bond motifs is 1. The van der Waals surface area contributed by atoms with Gasteiger partial charge in [-0.05, 0) is 44.0 Å². The summed E-state index contributed by atoms with van der Waals surface area (Å²) in [5.41, 5.74) is 1.52. The van der Waals surface area contributed by atoms with E-state index in [-0.39, 0.29) is 22.5 Å². The second kappa shape index (κ2) is 6.84. The molecule has 4 nitrogen and oxygen atoms in total. The lowest BCUT2D eigenvalue weighted by Crippen LogP contribution is -2.43. The van der Waals surface area contributed by atoms with Crippen molar-refractivity contribution >= 4 is 29.2 Å². The average Bonchev–Trinajstić information content (AvgIpc) is 2.89. The molecule has 1 amide bonds. The molecule has 0 radical (unpaired) electrons. The summed E-state index contributed by atoms with van der Waals surface area (Å²) in [7, 11) is 0. The topological polar surface area (TPSA) is 46.6 Å². The summed E-state index contributed by atoms with van der Waals surface area (Å²) >= 11 is 5.87. The lowest BCUT2D eigenvalue weighted by Gasteiger charge is -2.26. The first-order chi connectivity index (χ1) is 11.9. The Hall–Kier alpha value is -2.40. The molecule has 2 aromatic rings. The van der Waals surface area contributed by atoms with Gasteiger partial charge in [-0.1, -0.05) is 35.9 Å². The van der Waals surface area contributed by atoms with Crippen LogP contribution in [0.3, 0.4) is 0 Å². The summed E-state index contributed by atoms with van der Waals surface area (Å²) in [5, 5.41) is -0.0514. The predicted octanol–water partition coefficient (Wildman–Crippen LogP) is 4.00. The fraction of sp³-hybridized carbons (Fsp3) is 0.263. The first-order valence-electron chi connectivity index (χ1n) is 7.96. The van der Waals surface area contributed by atoms with Crippen LogP contribution in [0.4, 0.5) is 10.1 Å². The van der Waals surface area contributed by atoms with Crippen LogP contribution in [-0.2, 0) is 16.0 Å². The Balaban J connectivity index is 1.79. The molecule has 2 aromatic carbocycles. The molecule has 0 aliphatic carbocycles. The monoisotopic (exact) mass is 361 g/mol. The normalized spacial score (nSPS) is 17.1. The van der Waals surface area contributed by atoms with E-state index in [0.717, 1.165) is 23.7 Å². The molecule has 0 spiro atoms. The second-order valence-electron chi connectivity index (χ2n) is 6.03. The molecule has 0 bridgehead atoms. The van der Waals surface area contributed by atoms with Crippen LogP contribution < -0.4 is 4.90 Å². The van der Waals surface area contributed by atoms with Gasteiger partial charge in [0.05, 0.1) is 5.02 Å². The summed E-state index contributed by atoms with van der Waals surface area (Å²) < 4.78 is 19.0. The lowest BCUT2D eigenvalue weighted by atomic mass is 10.1. The van der Waals surface area contributed by atoms with Crippen molar-refractivity contribution in [2.75, 3.05) is 4.90 Å². The highest BCUT2D eigenvalue weighted by atomic mass is 35.5. The van der Waals surface area contributed by atoms with Gasteiger partial charge in [-0.2, -0.15) is 0 Å². The number of carbonyl (C=O) groups is 2. The number of halogens is 2. The van der Waals surface area contributed by atoms with E-state index in [1.54, 1.807) is 4.90 Å². The Morgan fingerprint density at radius 3 is 2.68 bits per heavy atom. The van der Waals surface area contributed by atoms with Crippen molar-refractivity contribution in [3.05, 3.63) is 64.4 Å². The summed E-state index contributed by atoms with van der Waals surface area (Å²) in [5.74, 6) is -2.08. The van der Waals surface area contributed by atoms with Gasteiger partial charge in [0.2, 0.25) is 0 Å². The molecular weight excluding hydrogens is 345 g/mol. The lowest BCUT2D eigenvalue weighted by molar-refractivity contribution is -0.126. The van der Waals surface area contributed by atoms with Crippen molar-refractivity contribution < 1.29 is 18.7 Å². The number of hydrogen-bond donors (Lipinski definition) is 0. The maximum absolute atomic E-state index is 13.8. The highest BCUT2D eigenvalue weighted by Gasteiger charge is 2.35. The molecule has 0 aromatic heterocycles. The third-order valence-corrected chi connectivity index (χ3v) is 4.56. The van der Waals surface area contributed by atoms with Crippen molar-refractivity contribution in [1.29, 1.82) is 0 Å². The van der Waals surface area contributed by atoms with Gasteiger partial charge in [0, 0.05) is 11.7 Å². The minimum atomic E-state index is -1.06. The van der Waals surface area contributed by atoms with Gasteiger partial charge in [0.1, 0.15) is 11.4 Å². The Labute approximate surface area is 150 Å². The highest BCUT2D eigenvalue weighted by molar-refractivity contribution is 6.33. The number of ether oxygens (including phenoxy) is 1. The van der Waals surface area contributed by atoms with Crippen LogP contribution in [0.1, 0.15) is 29.8 Å². The third-order valence-electron chi connectivity index (χ3n) is 4.24. The molecule has 0 N–H and O–H groups in total. The number of para-hydroxylation sites is 1. The summed E-state index contributed by atoms with van der Waals surface area (Å²) in [6.07, 6.45) is -0.321. The maximum Gasteiger partial charge on any atom is 0.343 e. The zero-order valence-electron chi connectivity index (χ0n) is 13.8. The SMILES string of the molecule is CC(OC(=O)c1c(F)cccc1Cl)C(=O)N1c2ccccc2CC1C. The zero-order chi connectivity index (χ0) is 18.1. The number of hydrogen-bond acceptors (Lipinski definition) is 3. The molecular formula is C19H17ClFNO3. The van der Waals surface area contributed by atoms with E-state index in [1.165, 1.54) is 19.1 Å². The first kappa shape index (κ1) is 17.4. The summed E-state index contributed by atoms with van der Waals surface area (Å²) in [4.78, 5) is 26.6. The molecule has 25 heavy (non-hydrogen) atoms. The summed E-state index contributed by atoms with van der Waals surface area (Å²) in [6.45, 7) is 3.41. The number of amides is 1. The maximum atomic E-state index is 13.8. The minimum Gasteiger partial charge on any atom is -0.449 e. The average molecular weight is 362 g/mol. The minimum absolute atomic E-state index is 0.0388. The smallest absolute Gasteiger partial charge is 0.343 e. The Morgan fingerprint density at radius 2 is 1.96 bits per heavy atom. The Bertz CT molecular complexity index is 819. The highest BCUT2D eigenvalue weighted by Crippen LogP contribution is 2.32. The van der Waals surface area contributed by atoms with Gasteiger partial charge in [0.15, 0.2) is 6.10 Å². The van der Waals surface area contributed by atoms with Gasteiger partial charge >= 0.3 is 5.97 Å². The van der Waals surface area contributed by atoms with Gasteiger partial charge in [-0.25, -0.2) is 9.18 Å². The van der Waals surface area contributed by atoms with Gasteiger partial charge in [-0.3, -0.25) is 4.79 Å². The van der Waals surface area contributed by atoms with Crippen molar-refractivity contribution in [3.8, 4) is 0 Å². The van der Waals surface area contributed by atoms with E-state index >= 15 is 0 Å². The molecule has 6 heteroatoms. The van der Waals surface area contributed by atoms with Gasteiger partial charge in [-0.15, -0.1) is 0 Å². The van der Waals surface area contributed by atoms with Crippen molar-refractivity contribution in [2.45, 2.75) is 32.4 Å². The van der Waals surface area contributed by atoms with E-state index in [2.05, 4.69) is 0 Å². The fourth-order valence-corrected chi connectivity index (χ4v) is 3.30. The van der Waals surface area contributed by atoms with Crippen LogP contribution in [0.2, 0.25) is 5.02 Å². The molecule has 0 saturated heterocycles. The zero-order valence-corrected chi connectivity index (χ0v) is 14.6. The van der Waals surface area contributed by atoms with Crippen molar-refractivity contribution in [2.24, 2.45) is 0 Å². The number of rotatable bonds is 3. The molecule has 0 saturated carbocycles. The van der Waals surface area contributed by atoms with Crippen LogP contribution >= 0.6 is 11.6 Å². The predicted molar refractivity (Wildman–Crippen MR) is 93.4 cm³/mol. The van der Waals surface area contributed by atoms with Crippen molar-refractivity contribution in [1.82, 2.24) is 0 Å². The first-order valence-corrected chi connectivity index (χ1v) is 8.34.